The summed E-state index contributed by atoms with van der Waals surface area (Å²) in [6.07, 6.45) is 1.60. The van der Waals surface area contributed by atoms with Gasteiger partial charge in [0.2, 0.25) is 0 Å². The van der Waals surface area contributed by atoms with E-state index in [9.17, 15) is 14.9 Å². The molecule has 0 N–H and O–H groups in total. The van der Waals surface area contributed by atoms with Gasteiger partial charge in [-0.2, -0.15) is 5.26 Å². The van der Waals surface area contributed by atoms with Gasteiger partial charge in [-0.15, -0.1) is 0 Å². The summed E-state index contributed by atoms with van der Waals surface area (Å²) in [5, 5.41) is 9.41. The molecule has 0 unspecified atom stereocenters. The van der Waals surface area contributed by atoms with E-state index in [0.717, 1.165) is 14.0 Å². The van der Waals surface area contributed by atoms with Gasteiger partial charge in [-0.05, 0) is 71.3 Å². The Kier molecular flexibility index (Phi) is 5.84. The molecule has 3 rings (SSSR count). The first-order valence-electron chi connectivity index (χ1n) is 8.86. The number of furan rings is 1. The Morgan fingerprint density at radius 2 is 1.82 bits per heavy atom. The Bertz CT molecular complexity index is 1040. The van der Waals surface area contributed by atoms with Crippen molar-refractivity contribution in [1.29, 1.82) is 5.26 Å². The number of benzene rings is 1. The minimum absolute atomic E-state index is 0.00378. The molecule has 0 radical (unpaired) electrons. The topological polar surface area (TPSA) is 74.3 Å². The van der Waals surface area contributed by atoms with Gasteiger partial charge < -0.3 is 4.42 Å². The van der Waals surface area contributed by atoms with Crippen molar-refractivity contribution in [3.8, 4) is 17.4 Å². The van der Waals surface area contributed by atoms with Crippen LogP contribution < -0.4 is 0 Å². The number of rotatable bonds is 4. The zero-order chi connectivity index (χ0) is 20.4. The van der Waals surface area contributed by atoms with Crippen molar-refractivity contribution < 1.29 is 14.0 Å². The van der Waals surface area contributed by atoms with Crippen molar-refractivity contribution in [1.82, 2.24) is 4.90 Å². The number of imide groups is 1. The Morgan fingerprint density at radius 3 is 2.43 bits per heavy atom. The SMILES string of the molecule is CC1=C(C#N)C(=O)N(CC(C)C)C(=O)/C1=C/c1ccc(-c2ccc(I)cc2)o1. The maximum absolute atomic E-state index is 12.9. The fraction of sp³-hybridized carbons (Fsp3) is 0.227. The Labute approximate surface area is 177 Å². The van der Waals surface area contributed by atoms with Gasteiger partial charge in [0.15, 0.2) is 0 Å². The molecule has 0 bridgehead atoms. The molecule has 0 saturated carbocycles. The molecule has 2 heterocycles. The van der Waals surface area contributed by atoms with Gasteiger partial charge >= 0.3 is 0 Å². The summed E-state index contributed by atoms with van der Waals surface area (Å²) in [7, 11) is 0. The second kappa shape index (κ2) is 8.15. The van der Waals surface area contributed by atoms with Crippen molar-refractivity contribution in [2.24, 2.45) is 5.92 Å². The molecule has 5 nitrogen and oxygen atoms in total. The number of hydrogen-bond acceptors (Lipinski definition) is 4. The summed E-state index contributed by atoms with van der Waals surface area (Å²) < 4.78 is 7.01. The highest BCUT2D eigenvalue weighted by molar-refractivity contribution is 14.1. The summed E-state index contributed by atoms with van der Waals surface area (Å²) in [6.45, 7) is 5.72. The van der Waals surface area contributed by atoms with E-state index in [1.807, 2.05) is 50.2 Å². The number of nitriles is 1. The maximum Gasteiger partial charge on any atom is 0.271 e. The molecule has 2 amide bonds. The van der Waals surface area contributed by atoms with Crippen LogP contribution in [0.25, 0.3) is 17.4 Å². The molecule has 6 heteroatoms. The summed E-state index contributed by atoms with van der Waals surface area (Å²) >= 11 is 2.24. The molecule has 1 aliphatic heterocycles. The van der Waals surface area contributed by atoms with Gasteiger partial charge in [-0.25, -0.2) is 0 Å². The third-order valence-electron chi connectivity index (χ3n) is 4.42. The predicted molar refractivity (Wildman–Crippen MR) is 115 cm³/mol. The largest absolute Gasteiger partial charge is 0.457 e. The van der Waals surface area contributed by atoms with Gasteiger partial charge in [0.05, 0.1) is 0 Å². The van der Waals surface area contributed by atoms with Crippen molar-refractivity contribution >= 4 is 40.5 Å². The van der Waals surface area contributed by atoms with E-state index >= 15 is 0 Å². The van der Waals surface area contributed by atoms with Gasteiger partial charge in [0.1, 0.15) is 23.2 Å². The van der Waals surface area contributed by atoms with Crippen LogP contribution in [0.4, 0.5) is 0 Å². The first kappa shape index (κ1) is 20.1. The molecule has 0 fully saturated rings. The van der Waals surface area contributed by atoms with Crippen molar-refractivity contribution in [2.75, 3.05) is 6.54 Å². The van der Waals surface area contributed by atoms with Crippen LogP contribution in [0.5, 0.6) is 0 Å². The van der Waals surface area contributed by atoms with Crippen molar-refractivity contribution in [3.63, 3.8) is 0 Å². The molecular formula is C22H19IN2O3. The van der Waals surface area contributed by atoms with E-state index < -0.39 is 11.8 Å². The van der Waals surface area contributed by atoms with Crippen molar-refractivity contribution in [3.05, 3.63) is 62.4 Å². The average molecular weight is 486 g/mol. The maximum atomic E-state index is 12.9. The Hall–Kier alpha value is -2.66. The minimum atomic E-state index is -0.533. The van der Waals surface area contributed by atoms with Crippen molar-refractivity contribution in [2.45, 2.75) is 20.8 Å². The van der Waals surface area contributed by atoms with Gasteiger partial charge in [-0.3, -0.25) is 14.5 Å². The van der Waals surface area contributed by atoms with E-state index in [1.54, 1.807) is 19.1 Å². The fourth-order valence-electron chi connectivity index (χ4n) is 3.00. The molecule has 0 spiro atoms. The lowest BCUT2D eigenvalue weighted by atomic mass is 9.94. The summed E-state index contributed by atoms with van der Waals surface area (Å²) in [5.74, 6) is 0.344. The first-order chi connectivity index (χ1) is 13.3. The van der Waals surface area contributed by atoms with Gasteiger partial charge in [0.25, 0.3) is 11.8 Å². The molecule has 0 aliphatic carbocycles. The van der Waals surface area contributed by atoms with E-state index in [1.165, 1.54) is 0 Å². The van der Waals surface area contributed by atoms with Crippen LogP contribution in [0, 0.1) is 20.8 Å². The third kappa shape index (κ3) is 3.94. The molecule has 0 saturated heterocycles. The molecule has 1 aromatic heterocycles. The standard InChI is InChI=1S/C22H19IN2O3/c1-13(2)12-25-21(26)18(14(3)19(11-24)22(25)27)10-17-8-9-20(28-17)15-4-6-16(23)7-5-15/h4-10,13H,12H2,1-3H3/b18-10+. The average Bonchev–Trinajstić information content (AvgIpc) is 3.12. The second-order valence-electron chi connectivity index (χ2n) is 6.99. The number of amides is 2. The van der Waals surface area contributed by atoms with Crippen LogP contribution in [-0.4, -0.2) is 23.3 Å². The number of halogens is 1. The fourth-order valence-corrected chi connectivity index (χ4v) is 3.36. The number of carbonyl (C=O) groups is 2. The number of carbonyl (C=O) groups excluding carboxylic acids is 2. The zero-order valence-corrected chi connectivity index (χ0v) is 18.0. The van der Waals surface area contributed by atoms with Gasteiger partial charge in [0, 0.05) is 21.3 Å². The summed E-state index contributed by atoms with van der Waals surface area (Å²) in [6, 6.07) is 13.5. The molecule has 2 aromatic rings. The lowest BCUT2D eigenvalue weighted by molar-refractivity contribution is -0.141. The molecule has 0 atom stereocenters. The molecule has 28 heavy (non-hydrogen) atoms. The number of hydrogen-bond donors (Lipinski definition) is 0. The van der Waals surface area contributed by atoms with Crippen LogP contribution in [0.15, 0.2) is 57.5 Å². The van der Waals surface area contributed by atoms with Crippen LogP contribution in [0.1, 0.15) is 26.5 Å². The highest BCUT2D eigenvalue weighted by atomic mass is 127. The monoisotopic (exact) mass is 486 g/mol. The zero-order valence-electron chi connectivity index (χ0n) is 15.8. The lowest BCUT2D eigenvalue weighted by Crippen LogP contribution is -2.44. The van der Waals surface area contributed by atoms with Crippen LogP contribution in [0.2, 0.25) is 0 Å². The minimum Gasteiger partial charge on any atom is -0.457 e. The van der Waals surface area contributed by atoms with Crippen LogP contribution in [0.3, 0.4) is 0 Å². The summed E-state index contributed by atoms with van der Waals surface area (Å²) in [4.78, 5) is 26.6. The molecule has 142 valence electrons. The van der Waals surface area contributed by atoms with Crippen LogP contribution in [-0.2, 0) is 9.59 Å². The Morgan fingerprint density at radius 1 is 1.14 bits per heavy atom. The quantitative estimate of drug-likeness (QED) is 0.354. The smallest absolute Gasteiger partial charge is 0.271 e. The predicted octanol–water partition coefficient (Wildman–Crippen LogP) is 4.80. The summed E-state index contributed by atoms with van der Waals surface area (Å²) in [5.41, 5.74) is 1.61. The van der Waals surface area contributed by atoms with E-state index in [4.69, 9.17) is 4.42 Å². The molecular weight excluding hydrogens is 467 g/mol. The highest BCUT2D eigenvalue weighted by Gasteiger charge is 2.35. The van der Waals surface area contributed by atoms with E-state index in [2.05, 4.69) is 22.6 Å². The molecule has 1 aromatic carbocycles. The van der Waals surface area contributed by atoms with Crippen LogP contribution >= 0.6 is 22.6 Å². The Balaban J connectivity index is 2.01. The molecule has 1 aliphatic rings. The van der Waals surface area contributed by atoms with Gasteiger partial charge in [-0.1, -0.05) is 26.0 Å². The van der Waals surface area contributed by atoms with E-state index in [0.29, 0.717) is 22.7 Å². The normalized spacial score (nSPS) is 16.3. The lowest BCUT2D eigenvalue weighted by Gasteiger charge is -2.28. The van der Waals surface area contributed by atoms with E-state index in [-0.39, 0.29) is 18.0 Å². The second-order valence-corrected chi connectivity index (χ2v) is 8.24. The first-order valence-corrected chi connectivity index (χ1v) is 9.94. The highest BCUT2D eigenvalue weighted by Crippen LogP contribution is 2.29. The third-order valence-corrected chi connectivity index (χ3v) is 5.13. The number of nitrogens with zero attached hydrogens (tertiary/aromatic N) is 2.